The van der Waals surface area contributed by atoms with Crippen LogP contribution >= 0.6 is 0 Å². The third-order valence-corrected chi connectivity index (χ3v) is 6.22. The van der Waals surface area contributed by atoms with Crippen molar-refractivity contribution in [1.82, 2.24) is 30.2 Å². The molecule has 0 bridgehead atoms. The summed E-state index contributed by atoms with van der Waals surface area (Å²) >= 11 is 0. The minimum absolute atomic E-state index is 0.0454. The first-order chi connectivity index (χ1) is 20.6. The number of likely N-dealkylation sites (tertiary alicyclic amines) is 1. The molecule has 1 aliphatic carbocycles. The number of carbonyl (C=O) groups excluding carboxylic acids is 3. The van der Waals surface area contributed by atoms with Gasteiger partial charge in [0.2, 0.25) is 11.7 Å². The molecule has 1 saturated carbocycles. The summed E-state index contributed by atoms with van der Waals surface area (Å²) in [6.07, 6.45) is 1.42. The number of nitrogens with one attached hydrogen (secondary N) is 1. The highest BCUT2D eigenvalue weighted by molar-refractivity contribution is 5.82. The van der Waals surface area contributed by atoms with Crippen LogP contribution in [0.4, 0.5) is 17.6 Å². The number of halogens is 4. The van der Waals surface area contributed by atoms with E-state index in [2.05, 4.69) is 25.3 Å². The topological polar surface area (TPSA) is 118 Å². The lowest BCUT2D eigenvalue weighted by atomic mass is 10.2. The van der Waals surface area contributed by atoms with Gasteiger partial charge >= 0.3 is 6.18 Å². The van der Waals surface area contributed by atoms with Gasteiger partial charge < -0.3 is 14.9 Å². The maximum Gasteiger partial charge on any atom is 0.451 e. The molecule has 0 spiro atoms. The van der Waals surface area contributed by atoms with Crippen LogP contribution in [-0.4, -0.2) is 64.0 Å². The lowest BCUT2D eigenvalue weighted by molar-refractivity contribution is -0.145. The largest absolute Gasteiger partial charge is 0.451 e. The number of amides is 1. The predicted octanol–water partition coefficient (Wildman–Crippen LogP) is 5.33. The van der Waals surface area contributed by atoms with Crippen molar-refractivity contribution >= 4 is 19.5 Å². The average molecular weight is 607 g/mol. The van der Waals surface area contributed by atoms with E-state index in [1.54, 1.807) is 18.2 Å². The van der Waals surface area contributed by atoms with Crippen molar-refractivity contribution in [2.45, 2.75) is 71.1 Å². The number of alkyl halides is 3. The van der Waals surface area contributed by atoms with Gasteiger partial charge in [0.05, 0.1) is 24.0 Å². The van der Waals surface area contributed by atoms with Crippen molar-refractivity contribution in [3.63, 3.8) is 0 Å². The molecule has 13 heteroatoms. The Morgan fingerprint density at radius 1 is 1.00 bits per heavy atom. The monoisotopic (exact) mass is 606 g/mol. The first kappa shape index (κ1) is 36.9. The Balaban J connectivity index is 0.000000556. The molecule has 2 fully saturated rings. The Morgan fingerprint density at radius 2 is 1.58 bits per heavy atom. The molecule has 5 rings (SSSR count). The minimum Gasteiger partial charge on any atom is -0.349 e. The van der Waals surface area contributed by atoms with Crippen LogP contribution in [0.1, 0.15) is 68.4 Å². The van der Waals surface area contributed by atoms with E-state index in [0.29, 0.717) is 22.8 Å². The second-order valence-corrected chi connectivity index (χ2v) is 9.32. The molecule has 0 unspecified atom stereocenters. The van der Waals surface area contributed by atoms with E-state index in [0.717, 1.165) is 50.2 Å². The molecule has 1 atom stereocenters. The summed E-state index contributed by atoms with van der Waals surface area (Å²) < 4.78 is 50.2. The van der Waals surface area contributed by atoms with E-state index in [1.807, 2.05) is 46.3 Å². The number of aryl methyl sites for hydroxylation is 1. The van der Waals surface area contributed by atoms with Crippen molar-refractivity contribution in [3.8, 4) is 11.3 Å². The molecular formula is C30H38F4N6O3. The molecule has 1 saturated heterocycles. The average Bonchev–Trinajstić information content (AvgIpc) is 3.80. The third-order valence-electron chi connectivity index (χ3n) is 6.22. The summed E-state index contributed by atoms with van der Waals surface area (Å²) in [6.45, 7) is 11.1. The molecule has 1 aromatic carbocycles. The van der Waals surface area contributed by atoms with Gasteiger partial charge in [0.25, 0.3) is 0 Å². The van der Waals surface area contributed by atoms with Crippen molar-refractivity contribution in [1.29, 1.82) is 0 Å². The second-order valence-electron chi connectivity index (χ2n) is 9.32. The van der Waals surface area contributed by atoms with Crippen LogP contribution in [0.25, 0.3) is 11.3 Å². The fourth-order valence-corrected chi connectivity index (χ4v) is 3.96. The zero-order valence-corrected chi connectivity index (χ0v) is 24.8. The van der Waals surface area contributed by atoms with E-state index >= 15 is 0 Å². The van der Waals surface area contributed by atoms with Crippen molar-refractivity contribution in [2.75, 3.05) is 13.6 Å². The molecule has 1 N–H and O–H groups in total. The normalized spacial score (nSPS) is 15.6. The van der Waals surface area contributed by atoms with Gasteiger partial charge in [-0.2, -0.15) is 13.2 Å². The standard InChI is InChI=1S/C19H21F3N6O.C7H7F.C2H6.2CH2O/c1-28-6-2-3-15(28)17(29)23-10-13-7-14(27-16(26-13)11-4-5-11)12-8-24-18(25-9-12)19(20,21)22;1-6-2-4-7(8)5-3-6;3*1-2/h7-9,11,15H,2-6,10H2,1H3,(H,23,29);2-5H,1H3;1-2H3;2*1H2/t15-;;;;/m0..../s1. The van der Waals surface area contributed by atoms with Gasteiger partial charge in [-0.15, -0.1) is 0 Å². The van der Waals surface area contributed by atoms with Gasteiger partial charge in [-0.1, -0.05) is 31.5 Å². The number of aromatic nitrogens is 4. The number of benzene rings is 1. The highest BCUT2D eigenvalue weighted by atomic mass is 19.4. The molecule has 234 valence electrons. The summed E-state index contributed by atoms with van der Waals surface area (Å²) in [6, 6.07) is 7.92. The Kier molecular flexibility index (Phi) is 15.8. The Hall–Kier alpha value is -4.13. The predicted molar refractivity (Wildman–Crippen MR) is 154 cm³/mol. The number of likely N-dealkylation sites (N-methyl/N-ethyl adjacent to an activating group) is 1. The Bertz CT molecular complexity index is 1230. The van der Waals surface area contributed by atoms with Gasteiger partial charge in [0.15, 0.2) is 0 Å². The number of hydrogen-bond acceptors (Lipinski definition) is 8. The molecule has 3 heterocycles. The highest BCUT2D eigenvalue weighted by Gasteiger charge is 2.34. The zero-order chi connectivity index (χ0) is 32.6. The Labute approximate surface area is 249 Å². The molecule has 9 nitrogen and oxygen atoms in total. The number of rotatable bonds is 5. The van der Waals surface area contributed by atoms with Crippen LogP contribution in [0.15, 0.2) is 42.7 Å². The fraction of sp³-hybridized carbons (Fsp3) is 0.433. The lowest BCUT2D eigenvalue weighted by Gasteiger charge is -2.18. The summed E-state index contributed by atoms with van der Waals surface area (Å²) in [5, 5.41) is 2.91. The number of hydrogen-bond donors (Lipinski definition) is 1. The fourth-order valence-electron chi connectivity index (χ4n) is 3.96. The summed E-state index contributed by atoms with van der Waals surface area (Å²) in [5.74, 6) is -0.511. The first-order valence-corrected chi connectivity index (χ1v) is 13.7. The molecule has 0 radical (unpaired) electrons. The van der Waals surface area contributed by atoms with E-state index in [1.165, 1.54) is 12.1 Å². The van der Waals surface area contributed by atoms with Gasteiger partial charge in [-0.3, -0.25) is 9.69 Å². The zero-order valence-electron chi connectivity index (χ0n) is 24.8. The SMILES string of the molecule is C=O.C=O.CC.CN1CCC[C@H]1C(=O)NCc1cc(-c2cnc(C(F)(F)F)nc2)nc(C2CC2)n1.Cc1ccc(F)cc1. The summed E-state index contributed by atoms with van der Waals surface area (Å²) in [5.41, 5.74) is 2.54. The molecule has 43 heavy (non-hydrogen) atoms. The summed E-state index contributed by atoms with van der Waals surface area (Å²) in [7, 11) is 1.93. The first-order valence-electron chi connectivity index (χ1n) is 13.7. The number of carbonyl (C=O) groups is 3. The second kappa shape index (κ2) is 18.4. The highest BCUT2D eigenvalue weighted by Crippen LogP contribution is 2.38. The van der Waals surface area contributed by atoms with E-state index < -0.39 is 12.0 Å². The van der Waals surface area contributed by atoms with E-state index in [9.17, 15) is 22.4 Å². The lowest BCUT2D eigenvalue weighted by Crippen LogP contribution is -2.41. The maximum atomic E-state index is 12.7. The minimum atomic E-state index is -4.59. The number of nitrogens with zero attached hydrogens (tertiary/aromatic N) is 5. The van der Waals surface area contributed by atoms with Crippen LogP contribution < -0.4 is 5.32 Å². The van der Waals surface area contributed by atoms with Gasteiger partial charge in [0.1, 0.15) is 25.2 Å². The van der Waals surface area contributed by atoms with Crippen molar-refractivity contribution in [2.24, 2.45) is 0 Å². The van der Waals surface area contributed by atoms with E-state index in [-0.39, 0.29) is 30.2 Å². The smallest absolute Gasteiger partial charge is 0.349 e. The van der Waals surface area contributed by atoms with Crippen LogP contribution in [-0.2, 0) is 27.1 Å². The Morgan fingerprint density at radius 3 is 2.05 bits per heavy atom. The van der Waals surface area contributed by atoms with Crippen molar-refractivity contribution < 1.29 is 31.9 Å². The quantitative estimate of drug-likeness (QED) is 0.388. The van der Waals surface area contributed by atoms with Gasteiger partial charge in [0, 0.05) is 23.9 Å². The van der Waals surface area contributed by atoms with Gasteiger partial charge in [-0.25, -0.2) is 24.3 Å². The molecule has 2 aliphatic rings. The molecule has 1 aliphatic heterocycles. The molecule has 1 amide bonds. The van der Waals surface area contributed by atoms with Crippen LogP contribution in [0, 0.1) is 12.7 Å². The van der Waals surface area contributed by atoms with Crippen LogP contribution in [0.3, 0.4) is 0 Å². The van der Waals surface area contributed by atoms with Crippen molar-refractivity contribution in [3.05, 3.63) is 71.4 Å². The van der Waals surface area contributed by atoms with Crippen LogP contribution in [0.5, 0.6) is 0 Å². The molecular weight excluding hydrogens is 568 g/mol. The van der Waals surface area contributed by atoms with E-state index in [4.69, 9.17) is 9.59 Å². The maximum absolute atomic E-state index is 12.7. The molecule has 3 aromatic rings. The summed E-state index contributed by atoms with van der Waals surface area (Å²) in [4.78, 5) is 46.3. The molecule has 2 aromatic heterocycles. The third kappa shape index (κ3) is 11.9. The van der Waals surface area contributed by atoms with Gasteiger partial charge in [-0.05, 0) is 64.4 Å². The van der Waals surface area contributed by atoms with Crippen LogP contribution in [0.2, 0.25) is 0 Å².